The summed E-state index contributed by atoms with van der Waals surface area (Å²) < 4.78 is 4.06. The molecule has 0 bridgehead atoms. The van der Waals surface area contributed by atoms with E-state index in [1.807, 2.05) is 21.5 Å². The molecule has 3 rings (SSSR count). The summed E-state index contributed by atoms with van der Waals surface area (Å²) in [7, 11) is 0. The topological polar surface area (TPSA) is 34.6 Å². The van der Waals surface area contributed by atoms with Crippen LogP contribution in [0.5, 0.6) is 0 Å². The molecule has 4 heteroatoms. The van der Waals surface area contributed by atoms with Crippen molar-refractivity contribution in [3.63, 3.8) is 0 Å². The SMILES string of the molecule is CCCC[n+]1nnn(CCc2ccccc2)c1-c1ccccc1. The van der Waals surface area contributed by atoms with E-state index in [0.29, 0.717) is 0 Å². The lowest BCUT2D eigenvalue weighted by Gasteiger charge is -2.02. The van der Waals surface area contributed by atoms with E-state index in [4.69, 9.17) is 0 Å². The van der Waals surface area contributed by atoms with Crippen molar-refractivity contribution in [3.05, 3.63) is 66.2 Å². The Balaban J connectivity index is 1.86. The van der Waals surface area contributed by atoms with Gasteiger partial charge in [-0.3, -0.25) is 0 Å². The number of hydrogen-bond acceptors (Lipinski definition) is 2. The Morgan fingerprint density at radius 3 is 2.35 bits per heavy atom. The van der Waals surface area contributed by atoms with Crippen LogP contribution in [0.1, 0.15) is 25.3 Å². The monoisotopic (exact) mass is 307 g/mol. The second kappa shape index (κ2) is 7.68. The summed E-state index contributed by atoms with van der Waals surface area (Å²) in [5.41, 5.74) is 2.49. The molecule has 1 aromatic heterocycles. The molecule has 0 spiro atoms. The van der Waals surface area contributed by atoms with Gasteiger partial charge < -0.3 is 0 Å². The molecule has 0 amide bonds. The van der Waals surface area contributed by atoms with Gasteiger partial charge in [-0.15, -0.1) is 4.68 Å². The van der Waals surface area contributed by atoms with Gasteiger partial charge in [-0.05, 0) is 24.1 Å². The molecule has 0 aliphatic rings. The zero-order valence-electron chi connectivity index (χ0n) is 13.6. The van der Waals surface area contributed by atoms with Crippen LogP contribution in [0.15, 0.2) is 60.7 Å². The van der Waals surface area contributed by atoms with Crippen LogP contribution in [-0.4, -0.2) is 15.1 Å². The lowest BCUT2D eigenvalue weighted by atomic mass is 10.1. The van der Waals surface area contributed by atoms with Gasteiger partial charge >= 0.3 is 0 Å². The molecule has 0 saturated heterocycles. The van der Waals surface area contributed by atoms with Crippen LogP contribution >= 0.6 is 0 Å². The first-order valence-corrected chi connectivity index (χ1v) is 8.31. The Kier molecular flexibility index (Phi) is 5.14. The molecule has 0 unspecified atom stereocenters. The first kappa shape index (κ1) is 15.4. The number of aryl methyl sites for hydroxylation is 3. The summed E-state index contributed by atoms with van der Waals surface area (Å²) in [6, 6.07) is 20.9. The van der Waals surface area contributed by atoms with Crippen LogP contribution in [0.2, 0.25) is 0 Å². The zero-order chi connectivity index (χ0) is 15.9. The van der Waals surface area contributed by atoms with Crippen LogP contribution in [0.4, 0.5) is 0 Å². The molecule has 0 radical (unpaired) electrons. The van der Waals surface area contributed by atoms with E-state index >= 15 is 0 Å². The normalized spacial score (nSPS) is 10.8. The van der Waals surface area contributed by atoms with Crippen molar-refractivity contribution in [1.29, 1.82) is 0 Å². The summed E-state index contributed by atoms with van der Waals surface area (Å²) in [5.74, 6) is 1.09. The highest BCUT2D eigenvalue weighted by Crippen LogP contribution is 2.14. The summed E-state index contributed by atoms with van der Waals surface area (Å²) >= 11 is 0. The smallest absolute Gasteiger partial charge is 0.133 e. The van der Waals surface area contributed by atoms with Crippen molar-refractivity contribution in [2.45, 2.75) is 39.3 Å². The van der Waals surface area contributed by atoms with Crippen molar-refractivity contribution in [3.8, 4) is 11.4 Å². The predicted octanol–water partition coefficient (Wildman–Crippen LogP) is 3.28. The highest BCUT2D eigenvalue weighted by Gasteiger charge is 2.21. The second-order valence-electron chi connectivity index (χ2n) is 5.70. The second-order valence-corrected chi connectivity index (χ2v) is 5.70. The molecule has 0 aliphatic heterocycles. The fourth-order valence-corrected chi connectivity index (χ4v) is 2.69. The molecule has 2 aromatic carbocycles. The zero-order valence-corrected chi connectivity index (χ0v) is 13.6. The molecule has 0 N–H and O–H groups in total. The van der Waals surface area contributed by atoms with Crippen LogP contribution in [0.3, 0.4) is 0 Å². The largest absolute Gasteiger partial charge is 0.288 e. The van der Waals surface area contributed by atoms with Gasteiger partial charge in [-0.1, -0.05) is 66.6 Å². The average Bonchev–Trinajstić information content (AvgIpc) is 3.02. The Labute approximate surface area is 137 Å². The van der Waals surface area contributed by atoms with E-state index in [1.54, 1.807) is 0 Å². The molecule has 0 fully saturated rings. The van der Waals surface area contributed by atoms with Crippen molar-refractivity contribution < 1.29 is 4.68 Å². The summed E-state index contributed by atoms with van der Waals surface area (Å²) in [4.78, 5) is 0. The molecule has 4 nitrogen and oxygen atoms in total. The fourth-order valence-electron chi connectivity index (χ4n) is 2.69. The van der Waals surface area contributed by atoms with Gasteiger partial charge in [0.1, 0.15) is 11.8 Å². The predicted molar refractivity (Wildman–Crippen MR) is 90.7 cm³/mol. The van der Waals surface area contributed by atoms with E-state index < -0.39 is 0 Å². The van der Waals surface area contributed by atoms with E-state index in [2.05, 4.69) is 65.9 Å². The number of hydrogen-bond donors (Lipinski definition) is 0. The van der Waals surface area contributed by atoms with Gasteiger partial charge in [0.25, 0.3) is 5.82 Å². The van der Waals surface area contributed by atoms with E-state index in [0.717, 1.165) is 38.2 Å². The van der Waals surface area contributed by atoms with Crippen LogP contribution in [0.25, 0.3) is 11.4 Å². The van der Waals surface area contributed by atoms with Crippen molar-refractivity contribution >= 4 is 0 Å². The molecular formula is C19H23N4+. The number of benzene rings is 2. The molecule has 0 atom stereocenters. The number of nitrogens with zero attached hydrogens (tertiary/aromatic N) is 4. The lowest BCUT2D eigenvalue weighted by Crippen LogP contribution is -2.38. The fraction of sp³-hybridized carbons (Fsp3) is 0.316. The van der Waals surface area contributed by atoms with Crippen molar-refractivity contribution in [1.82, 2.24) is 15.1 Å². The Bertz CT molecular complexity index is 720. The van der Waals surface area contributed by atoms with E-state index in [1.165, 1.54) is 11.1 Å². The van der Waals surface area contributed by atoms with E-state index in [9.17, 15) is 0 Å². The molecule has 23 heavy (non-hydrogen) atoms. The third kappa shape index (κ3) is 3.83. The van der Waals surface area contributed by atoms with Crippen molar-refractivity contribution in [2.24, 2.45) is 0 Å². The molecule has 0 saturated carbocycles. The highest BCUT2D eigenvalue weighted by atomic mass is 15.6. The van der Waals surface area contributed by atoms with E-state index in [-0.39, 0.29) is 0 Å². The first-order valence-electron chi connectivity index (χ1n) is 8.31. The van der Waals surface area contributed by atoms with Crippen LogP contribution in [-0.2, 0) is 19.5 Å². The summed E-state index contributed by atoms with van der Waals surface area (Å²) in [5, 5.41) is 8.76. The minimum atomic E-state index is 0.834. The number of unbranched alkanes of at least 4 members (excludes halogenated alkanes) is 1. The Morgan fingerprint density at radius 1 is 0.957 bits per heavy atom. The van der Waals surface area contributed by atoms with Gasteiger partial charge in [0, 0.05) is 6.42 Å². The molecular weight excluding hydrogens is 284 g/mol. The maximum Gasteiger partial charge on any atom is 0.288 e. The molecule has 118 valence electrons. The maximum absolute atomic E-state index is 4.39. The maximum atomic E-state index is 4.39. The van der Waals surface area contributed by atoms with Gasteiger partial charge in [0.2, 0.25) is 0 Å². The van der Waals surface area contributed by atoms with Crippen LogP contribution in [0, 0.1) is 0 Å². The third-order valence-corrected chi connectivity index (χ3v) is 3.96. The van der Waals surface area contributed by atoms with Gasteiger partial charge in [-0.25, -0.2) is 0 Å². The lowest BCUT2D eigenvalue weighted by molar-refractivity contribution is -0.745. The highest BCUT2D eigenvalue weighted by molar-refractivity contribution is 5.51. The number of aromatic nitrogens is 4. The Morgan fingerprint density at radius 2 is 1.65 bits per heavy atom. The summed E-state index contributed by atoms with van der Waals surface area (Å²) in [6.07, 6.45) is 3.22. The van der Waals surface area contributed by atoms with Crippen molar-refractivity contribution in [2.75, 3.05) is 0 Å². The molecule has 1 heterocycles. The number of rotatable bonds is 7. The quantitative estimate of drug-likeness (QED) is 0.628. The molecule has 3 aromatic rings. The summed E-state index contributed by atoms with van der Waals surface area (Å²) in [6.45, 7) is 3.94. The third-order valence-electron chi connectivity index (χ3n) is 3.96. The van der Waals surface area contributed by atoms with Gasteiger partial charge in [0.15, 0.2) is 5.21 Å². The minimum Gasteiger partial charge on any atom is -0.133 e. The van der Waals surface area contributed by atoms with Gasteiger partial charge in [-0.2, -0.15) is 0 Å². The molecule has 0 aliphatic carbocycles. The minimum absolute atomic E-state index is 0.834. The average molecular weight is 307 g/mol. The number of tetrazole rings is 1. The van der Waals surface area contributed by atoms with Crippen LogP contribution < -0.4 is 4.68 Å². The Hall–Kier alpha value is -2.49. The standard InChI is InChI=1S/C19H23N4/c1-2-3-15-22-19(18-12-8-5-9-13-18)23(21-20-22)16-14-17-10-6-4-7-11-17/h4-13H,2-3,14-16H2,1H3/q+1. The van der Waals surface area contributed by atoms with Gasteiger partial charge in [0.05, 0.1) is 12.1 Å². The first-order chi connectivity index (χ1) is 11.4.